The quantitative estimate of drug-likeness (QED) is 0.187. The molecule has 0 radical (unpaired) electrons. The molecule has 0 aliphatic heterocycles. The average Bonchev–Trinajstić information content (AvgIpc) is 3.28. The summed E-state index contributed by atoms with van der Waals surface area (Å²) in [6.45, 7) is 0. The van der Waals surface area contributed by atoms with Crippen LogP contribution in [0.4, 0.5) is 0 Å². The van der Waals surface area contributed by atoms with Crippen LogP contribution in [0.5, 0.6) is 0 Å². The molecule has 3 aromatic carbocycles. The molecule has 1 N–H and O–H groups in total. The van der Waals surface area contributed by atoms with Crippen LogP contribution in [-0.2, 0) is 4.79 Å². The Hall–Kier alpha value is -3.49. The lowest BCUT2D eigenvalue weighted by atomic mass is 10.2. The molecular formula is C25H20BrN5OS. The molecular weight excluding hydrogens is 498 g/mol. The molecule has 0 aliphatic rings. The number of rotatable bonds is 8. The van der Waals surface area contributed by atoms with E-state index in [2.05, 4.69) is 36.7 Å². The fourth-order valence-electron chi connectivity index (χ4n) is 2.99. The minimum atomic E-state index is -0.225. The van der Waals surface area contributed by atoms with Crippen LogP contribution in [0.25, 0.3) is 23.2 Å². The molecule has 0 fully saturated rings. The van der Waals surface area contributed by atoms with Gasteiger partial charge in [-0.25, -0.2) is 5.43 Å². The smallest absolute Gasteiger partial charge is 0.250 e. The summed E-state index contributed by atoms with van der Waals surface area (Å²) in [5.74, 6) is 0.642. The first-order valence-corrected chi connectivity index (χ1v) is 11.9. The molecule has 6 nitrogen and oxygen atoms in total. The summed E-state index contributed by atoms with van der Waals surface area (Å²) in [6, 6.07) is 27.6. The number of hydrazone groups is 1. The number of carbonyl (C=O) groups excluding carboxylic acids is 1. The van der Waals surface area contributed by atoms with E-state index in [1.54, 1.807) is 12.3 Å². The van der Waals surface area contributed by atoms with Crippen molar-refractivity contribution in [3.63, 3.8) is 0 Å². The van der Waals surface area contributed by atoms with Crippen LogP contribution in [0, 0.1) is 0 Å². The van der Waals surface area contributed by atoms with E-state index in [1.165, 1.54) is 11.8 Å². The SMILES string of the molecule is O=C(CSc1nnc(-c2ccc(Br)cc2)n1-c1ccccc1)NN=CC=Cc1ccccc1. The van der Waals surface area contributed by atoms with Gasteiger partial charge < -0.3 is 0 Å². The second-order valence-corrected chi connectivity index (χ2v) is 8.71. The maximum absolute atomic E-state index is 12.3. The Kier molecular flexibility index (Phi) is 7.84. The highest BCUT2D eigenvalue weighted by Gasteiger charge is 2.17. The van der Waals surface area contributed by atoms with Crippen LogP contribution >= 0.6 is 27.7 Å². The van der Waals surface area contributed by atoms with E-state index in [4.69, 9.17) is 0 Å². The van der Waals surface area contributed by atoms with Gasteiger partial charge in [-0.05, 0) is 35.9 Å². The van der Waals surface area contributed by atoms with Gasteiger partial charge in [0.05, 0.1) is 5.75 Å². The van der Waals surface area contributed by atoms with E-state index < -0.39 is 0 Å². The summed E-state index contributed by atoms with van der Waals surface area (Å²) < 4.78 is 2.94. The highest BCUT2D eigenvalue weighted by atomic mass is 79.9. The Labute approximate surface area is 204 Å². The Bertz CT molecular complexity index is 1260. The molecule has 1 amide bonds. The van der Waals surface area contributed by atoms with Crippen molar-refractivity contribution in [1.29, 1.82) is 0 Å². The first kappa shape index (κ1) is 22.7. The standard InChI is InChI=1S/C25H20BrN5OS/c26-21-15-13-20(14-16-21)24-29-30-25(31(24)22-11-5-2-6-12-22)33-18-23(32)28-27-17-7-10-19-8-3-1-4-9-19/h1-17H,18H2,(H,28,32). The molecule has 0 saturated heterocycles. The molecule has 0 spiro atoms. The molecule has 1 aromatic heterocycles. The van der Waals surface area contributed by atoms with Gasteiger partial charge >= 0.3 is 0 Å². The molecule has 8 heteroatoms. The van der Waals surface area contributed by atoms with Crippen LogP contribution in [0.1, 0.15) is 5.56 Å². The summed E-state index contributed by atoms with van der Waals surface area (Å²) in [7, 11) is 0. The number of para-hydroxylation sites is 1. The van der Waals surface area contributed by atoms with Crippen LogP contribution < -0.4 is 5.43 Å². The van der Waals surface area contributed by atoms with Gasteiger partial charge in [-0.3, -0.25) is 9.36 Å². The predicted octanol–water partition coefficient (Wildman–Crippen LogP) is 5.60. The second-order valence-electron chi connectivity index (χ2n) is 6.86. The minimum absolute atomic E-state index is 0.158. The monoisotopic (exact) mass is 517 g/mol. The lowest BCUT2D eigenvalue weighted by Gasteiger charge is -2.10. The van der Waals surface area contributed by atoms with Gasteiger partial charge in [-0.2, -0.15) is 5.10 Å². The molecule has 4 rings (SSSR count). The minimum Gasteiger partial charge on any atom is -0.272 e. The van der Waals surface area contributed by atoms with Crippen molar-refractivity contribution in [2.45, 2.75) is 5.16 Å². The van der Waals surface area contributed by atoms with Gasteiger partial charge in [0.2, 0.25) is 0 Å². The number of hydrogen-bond acceptors (Lipinski definition) is 5. The molecule has 33 heavy (non-hydrogen) atoms. The van der Waals surface area contributed by atoms with Gasteiger partial charge in [0, 0.05) is 21.9 Å². The number of carbonyl (C=O) groups is 1. The lowest BCUT2D eigenvalue weighted by Crippen LogP contribution is -2.19. The third kappa shape index (κ3) is 6.27. The zero-order valence-corrected chi connectivity index (χ0v) is 19.9. The summed E-state index contributed by atoms with van der Waals surface area (Å²) in [4.78, 5) is 12.3. The Balaban J connectivity index is 1.43. The second kappa shape index (κ2) is 11.4. The molecule has 1 heterocycles. The largest absolute Gasteiger partial charge is 0.272 e. The number of benzene rings is 3. The van der Waals surface area contributed by atoms with Crippen LogP contribution in [-0.4, -0.2) is 32.6 Å². The molecule has 0 atom stereocenters. The summed E-state index contributed by atoms with van der Waals surface area (Å²) in [6.07, 6.45) is 5.24. The first-order valence-electron chi connectivity index (χ1n) is 10.1. The number of allylic oxidation sites excluding steroid dienone is 1. The van der Waals surface area contributed by atoms with E-state index in [1.807, 2.05) is 95.6 Å². The molecule has 0 saturated carbocycles. The van der Waals surface area contributed by atoms with Gasteiger partial charge in [-0.1, -0.05) is 94.4 Å². The van der Waals surface area contributed by atoms with Gasteiger partial charge in [0.1, 0.15) is 0 Å². The van der Waals surface area contributed by atoms with Gasteiger partial charge in [0.25, 0.3) is 5.91 Å². The summed E-state index contributed by atoms with van der Waals surface area (Å²) >= 11 is 4.77. The van der Waals surface area contributed by atoms with Crippen LogP contribution in [0.15, 0.2) is 106 Å². The molecule has 0 bridgehead atoms. The predicted molar refractivity (Wildman–Crippen MR) is 137 cm³/mol. The van der Waals surface area contributed by atoms with Crippen molar-refractivity contribution >= 4 is 45.9 Å². The van der Waals surface area contributed by atoms with Gasteiger partial charge in [0.15, 0.2) is 11.0 Å². The topological polar surface area (TPSA) is 72.2 Å². The number of amides is 1. The number of thioether (sulfide) groups is 1. The van der Waals surface area contributed by atoms with Crippen LogP contribution in [0.3, 0.4) is 0 Å². The number of halogens is 1. The summed E-state index contributed by atoms with van der Waals surface area (Å²) in [5.41, 5.74) is 5.46. The van der Waals surface area contributed by atoms with Crippen LogP contribution in [0.2, 0.25) is 0 Å². The highest BCUT2D eigenvalue weighted by Crippen LogP contribution is 2.28. The number of nitrogens with zero attached hydrogens (tertiary/aromatic N) is 4. The van der Waals surface area contributed by atoms with Gasteiger partial charge in [-0.15, -0.1) is 10.2 Å². The number of hydrogen-bond donors (Lipinski definition) is 1. The maximum atomic E-state index is 12.3. The highest BCUT2D eigenvalue weighted by molar-refractivity contribution is 9.10. The van der Waals surface area contributed by atoms with E-state index in [0.29, 0.717) is 11.0 Å². The normalized spacial score (nSPS) is 11.3. The van der Waals surface area contributed by atoms with Crippen molar-refractivity contribution in [1.82, 2.24) is 20.2 Å². The maximum Gasteiger partial charge on any atom is 0.250 e. The number of aromatic nitrogens is 3. The van der Waals surface area contributed by atoms with Crippen molar-refractivity contribution in [3.05, 3.63) is 101 Å². The first-order chi connectivity index (χ1) is 16.2. The van der Waals surface area contributed by atoms with Crippen molar-refractivity contribution < 1.29 is 4.79 Å². The van der Waals surface area contributed by atoms with E-state index in [0.717, 1.165) is 21.3 Å². The Morgan fingerprint density at radius 3 is 2.39 bits per heavy atom. The average molecular weight is 518 g/mol. The zero-order valence-electron chi connectivity index (χ0n) is 17.5. The Morgan fingerprint density at radius 1 is 0.970 bits per heavy atom. The molecule has 164 valence electrons. The van der Waals surface area contributed by atoms with Crippen molar-refractivity contribution in [3.8, 4) is 17.1 Å². The van der Waals surface area contributed by atoms with Crippen molar-refractivity contribution in [2.75, 3.05) is 5.75 Å². The number of nitrogens with one attached hydrogen (secondary N) is 1. The molecule has 0 aliphatic carbocycles. The Morgan fingerprint density at radius 2 is 1.67 bits per heavy atom. The fraction of sp³-hybridized carbons (Fsp3) is 0.0400. The third-order valence-electron chi connectivity index (χ3n) is 4.52. The lowest BCUT2D eigenvalue weighted by molar-refractivity contribution is -0.118. The zero-order chi connectivity index (χ0) is 22.9. The van der Waals surface area contributed by atoms with E-state index in [-0.39, 0.29) is 11.7 Å². The third-order valence-corrected chi connectivity index (χ3v) is 5.98. The molecule has 4 aromatic rings. The molecule has 0 unspecified atom stereocenters. The fourth-order valence-corrected chi connectivity index (χ4v) is 4.00. The van der Waals surface area contributed by atoms with Crippen molar-refractivity contribution in [2.24, 2.45) is 5.10 Å². The van der Waals surface area contributed by atoms with E-state index >= 15 is 0 Å². The summed E-state index contributed by atoms with van der Waals surface area (Å²) in [5, 5.41) is 13.3. The van der Waals surface area contributed by atoms with E-state index in [9.17, 15) is 4.79 Å².